The van der Waals surface area contributed by atoms with Crippen LogP contribution in [0.3, 0.4) is 0 Å². The highest BCUT2D eigenvalue weighted by molar-refractivity contribution is 8.00. The second kappa shape index (κ2) is 7.49. The molecule has 1 aromatic rings. The first-order valence-electron chi connectivity index (χ1n) is 6.72. The van der Waals surface area contributed by atoms with Crippen molar-refractivity contribution in [3.05, 3.63) is 24.3 Å². The van der Waals surface area contributed by atoms with Crippen LogP contribution in [0.25, 0.3) is 0 Å². The SMILES string of the molecule is CC(C)(C)CCC(=O)N(N)c1ccc(S(=O)(=O)NS(=O)[O-])cc1. The molecular formula is C13H20N3O5S2-. The molecule has 1 unspecified atom stereocenters. The molecule has 0 aromatic heterocycles. The molecule has 0 fully saturated rings. The summed E-state index contributed by atoms with van der Waals surface area (Å²) in [6, 6.07) is 5.00. The fraction of sp³-hybridized carbons (Fsp3) is 0.462. The van der Waals surface area contributed by atoms with Gasteiger partial charge in [-0.15, -0.1) is 4.13 Å². The van der Waals surface area contributed by atoms with Crippen molar-refractivity contribution < 1.29 is 22.0 Å². The third-order valence-corrected chi connectivity index (χ3v) is 5.28. The highest BCUT2D eigenvalue weighted by atomic mass is 32.3. The van der Waals surface area contributed by atoms with Gasteiger partial charge in [-0.05, 0) is 36.1 Å². The summed E-state index contributed by atoms with van der Waals surface area (Å²) in [6.45, 7) is 6.02. The molecule has 0 bridgehead atoms. The number of nitrogens with two attached hydrogens (primary N) is 1. The van der Waals surface area contributed by atoms with Crippen LogP contribution in [0.2, 0.25) is 0 Å². The Morgan fingerprint density at radius 2 is 1.83 bits per heavy atom. The van der Waals surface area contributed by atoms with Crippen molar-refractivity contribution in [2.45, 2.75) is 38.5 Å². The van der Waals surface area contributed by atoms with Crippen molar-refractivity contribution in [3.63, 3.8) is 0 Å². The Kier molecular flexibility index (Phi) is 6.42. The molecule has 8 nitrogen and oxygen atoms in total. The Labute approximate surface area is 138 Å². The van der Waals surface area contributed by atoms with E-state index in [4.69, 9.17) is 5.84 Å². The quantitative estimate of drug-likeness (QED) is 0.333. The third kappa shape index (κ3) is 6.36. The van der Waals surface area contributed by atoms with E-state index in [0.29, 0.717) is 12.1 Å². The van der Waals surface area contributed by atoms with Gasteiger partial charge < -0.3 is 4.55 Å². The van der Waals surface area contributed by atoms with Gasteiger partial charge in [0.25, 0.3) is 10.0 Å². The van der Waals surface area contributed by atoms with Gasteiger partial charge in [0.15, 0.2) is 0 Å². The van der Waals surface area contributed by atoms with E-state index in [1.54, 1.807) is 0 Å². The first kappa shape index (κ1) is 19.7. The van der Waals surface area contributed by atoms with Gasteiger partial charge in [-0.25, -0.2) is 19.3 Å². The molecular weight excluding hydrogens is 342 g/mol. The summed E-state index contributed by atoms with van der Waals surface area (Å²) in [7, 11) is -4.16. The zero-order valence-corrected chi connectivity index (χ0v) is 14.7. The molecule has 0 aliphatic rings. The fourth-order valence-corrected chi connectivity index (χ4v) is 3.27. The van der Waals surface area contributed by atoms with E-state index in [2.05, 4.69) is 0 Å². The molecule has 10 heteroatoms. The van der Waals surface area contributed by atoms with Crippen molar-refractivity contribution in [3.8, 4) is 0 Å². The van der Waals surface area contributed by atoms with Crippen molar-refractivity contribution in [2.24, 2.45) is 11.3 Å². The lowest BCUT2D eigenvalue weighted by atomic mass is 9.90. The number of carbonyl (C=O) groups is 1. The van der Waals surface area contributed by atoms with Crippen LogP contribution in [0.1, 0.15) is 33.6 Å². The highest BCUT2D eigenvalue weighted by Crippen LogP contribution is 2.22. The second-order valence-corrected chi connectivity index (χ2v) is 8.75. The molecule has 0 heterocycles. The van der Waals surface area contributed by atoms with Crippen molar-refractivity contribution >= 4 is 32.9 Å². The normalized spacial score (nSPS) is 13.6. The lowest BCUT2D eigenvalue weighted by Gasteiger charge is -2.21. The van der Waals surface area contributed by atoms with Crippen molar-refractivity contribution in [1.82, 2.24) is 4.13 Å². The van der Waals surface area contributed by atoms with E-state index < -0.39 is 21.3 Å². The molecule has 0 radical (unpaired) electrons. The highest BCUT2D eigenvalue weighted by Gasteiger charge is 2.18. The zero-order valence-electron chi connectivity index (χ0n) is 13.1. The number of hydrogen-bond acceptors (Lipinski definition) is 6. The van der Waals surface area contributed by atoms with Crippen molar-refractivity contribution in [2.75, 3.05) is 5.01 Å². The van der Waals surface area contributed by atoms with Crippen LogP contribution in [0.5, 0.6) is 0 Å². The van der Waals surface area contributed by atoms with Gasteiger partial charge in [-0.2, -0.15) is 0 Å². The average Bonchev–Trinajstić information content (AvgIpc) is 2.42. The van der Waals surface area contributed by atoms with Gasteiger partial charge in [0.2, 0.25) is 5.91 Å². The second-order valence-electron chi connectivity index (χ2n) is 6.14. The topological polar surface area (TPSA) is 133 Å². The van der Waals surface area contributed by atoms with Gasteiger partial charge in [0.05, 0.1) is 10.6 Å². The smallest absolute Gasteiger partial charge is 0.250 e. The van der Waals surface area contributed by atoms with Crippen LogP contribution in [-0.2, 0) is 26.1 Å². The number of hydrogen-bond donors (Lipinski definition) is 2. The van der Waals surface area contributed by atoms with Crippen LogP contribution >= 0.6 is 0 Å². The monoisotopic (exact) mass is 362 g/mol. The molecule has 0 saturated heterocycles. The van der Waals surface area contributed by atoms with Crippen LogP contribution in [0.15, 0.2) is 29.2 Å². The maximum Gasteiger partial charge on any atom is 0.250 e. The number of rotatable bonds is 6. The molecule has 0 spiro atoms. The number of benzene rings is 1. The number of amides is 1. The van der Waals surface area contributed by atoms with Crippen LogP contribution < -0.4 is 15.0 Å². The number of hydrazine groups is 1. The Balaban J connectivity index is 2.84. The fourth-order valence-electron chi connectivity index (χ4n) is 1.67. The van der Waals surface area contributed by atoms with Gasteiger partial charge in [-0.3, -0.25) is 9.00 Å². The van der Waals surface area contributed by atoms with Crippen LogP contribution in [0.4, 0.5) is 5.69 Å². The maximum atomic E-state index is 12.0. The summed E-state index contributed by atoms with van der Waals surface area (Å²) in [6.07, 6.45) is 0.919. The van der Waals surface area contributed by atoms with Gasteiger partial charge in [-0.1, -0.05) is 20.8 Å². The Hall–Kier alpha value is -1.33. The minimum absolute atomic E-state index is 0.00587. The predicted octanol–water partition coefficient (Wildman–Crippen LogP) is 0.792. The molecule has 1 amide bonds. The zero-order chi connectivity index (χ0) is 17.8. The number of nitrogens with zero attached hydrogens (tertiary/aromatic N) is 1. The Morgan fingerprint density at radius 3 is 2.26 bits per heavy atom. The predicted molar refractivity (Wildman–Crippen MR) is 86.0 cm³/mol. The summed E-state index contributed by atoms with van der Waals surface area (Å²) in [5.74, 6) is 5.43. The summed E-state index contributed by atoms with van der Waals surface area (Å²) < 4.78 is 45.6. The lowest BCUT2D eigenvalue weighted by molar-refractivity contribution is -0.119. The van der Waals surface area contributed by atoms with E-state index in [-0.39, 0.29) is 22.6 Å². The largest absolute Gasteiger partial charge is 0.759 e. The minimum atomic E-state index is -4.16. The first-order chi connectivity index (χ1) is 10.4. The van der Waals surface area contributed by atoms with E-state index >= 15 is 0 Å². The number of nitrogens with one attached hydrogen (secondary N) is 1. The van der Waals surface area contributed by atoms with Gasteiger partial charge in [0.1, 0.15) is 0 Å². The molecule has 130 valence electrons. The number of carbonyl (C=O) groups excluding carboxylic acids is 1. The first-order valence-corrected chi connectivity index (χ1v) is 9.28. The summed E-state index contributed by atoms with van der Waals surface area (Å²) in [5, 5.41) is 0.946. The van der Waals surface area contributed by atoms with E-state index in [9.17, 15) is 22.0 Å². The summed E-state index contributed by atoms with van der Waals surface area (Å²) >= 11 is -2.95. The van der Waals surface area contributed by atoms with Crippen LogP contribution in [-0.4, -0.2) is 23.1 Å². The summed E-state index contributed by atoms with van der Waals surface area (Å²) in [4.78, 5) is 11.8. The molecule has 0 aliphatic heterocycles. The van der Waals surface area contributed by atoms with Crippen molar-refractivity contribution in [1.29, 1.82) is 0 Å². The van der Waals surface area contributed by atoms with Crippen LogP contribution in [0, 0.1) is 5.41 Å². The Morgan fingerprint density at radius 1 is 1.30 bits per heavy atom. The minimum Gasteiger partial charge on any atom is -0.759 e. The number of anilines is 1. The number of sulfonamides is 1. The molecule has 0 aliphatic carbocycles. The lowest BCUT2D eigenvalue weighted by Crippen LogP contribution is -2.37. The molecule has 23 heavy (non-hydrogen) atoms. The van der Waals surface area contributed by atoms with E-state index in [1.807, 2.05) is 20.8 Å². The Bertz CT molecular complexity index is 681. The van der Waals surface area contributed by atoms with Gasteiger partial charge in [0, 0.05) is 17.7 Å². The molecule has 0 saturated carbocycles. The standard InChI is InChI=1S/C13H21N3O5S2/c1-13(2,3)9-8-12(17)16(14)10-4-6-11(7-5-10)23(20,21)15-22(18)19/h4-7,15H,8-9,14H2,1-3H3,(H,18,19)/p-1. The maximum absolute atomic E-state index is 12.0. The third-order valence-electron chi connectivity index (χ3n) is 2.96. The molecule has 1 aromatic carbocycles. The van der Waals surface area contributed by atoms with E-state index in [0.717, 1.165) is 5.01 Å². The average molecular weight is 362 g/mol. The molecule has 1 atom stereocenters. The van der Waals surface area contributed by atoms with E-state index in [1.165, 1.54) is 28.4 Å². The van der Waals surface area contributed by atoms with Gasteiger partial charge >= 0.3 is 0 Å². The summed E-state index contributed by atoms with van der Waals surface area (Å²) in [5.41, 5.74) is 0.305. The molecule has 1 rings (SSSR count). The molecule has 3 N–H and O–H groups in total.